The van der Waals surface area contributed by atoms with Crippen LogP contribution in [-0.2, 0) is 14.3 Å². The highest BCUT2D eigenvalue weighted by atomic mass is 32.1. The van der Waals surface area contributed by atoms with Crippen molar-refractivity contribution in [3.05, 3.63) is 57.3 Å². The smallest absolute Gasteiger partial charge is 0.193 e. The van der Waals surface area contributed by atoms with Crippen LogP contribution in [0.2, 0.25) is 0 Å². The molecule has 4 nitrogen and oxygen atoms in total. The second-order valence-electron chi connectivity index (χ2n) is 8.16. The molecule has 1 fully saturated rings. The van der Waals surface area contributed by atoms with Crippen molar-refractivity contribution in [3.8, 4) is 5.75 Å². The molecule has 4 rings (SSSR count). The van der Waals surface area contributed by atoms with E-state index in [0.29, 0.717) is 18.8 Å². The third-order valence-corrected chi connectivity index (χ3v) is 6.86. The van der Waals surface area contributed by atoms with E-state index in [1.54, 1.807) is 11.3 Å². The molecule has 5 heteroatoms. The van der Waals surface area contributed by atoms with E-state index in [0.717, 1.165) is 32.9 Å². The van der Waals surface area contributed by atoms with Crippen molar-refractivity contribution in [3.63, 3.8) is 0 Å². The first-order chi connectivity index (χ1) is 12.8. The van der Waals surface area contributed by atoms with Crippen LogP contribution >= 0.6 is 11.3 Å². The van der Waals surface area contributed by atoms with Gasteiger partial charge in [0.2, 0.25) is 0 Å². The van der Waals surface area contributed by atoms with E-state index in [-0.39, 0.29) is 17.3 Å². The van der Waals surface area contributed by atoms with Gasteiger partial charge in [-0.05, 0) is 32.0 Å². The molecule has 0 saturated carbocycles. The van der Waals surface area contributed by atoms with Crippen LogP contribution in [0, 0.1) is 5.41 Å². The van der Waals surface area contributed by atoms with Gasteiger partial charge in [0, 0.05) is 27.0 Å². The van der Waals surface area contributed by atoms with Crippen molar-refractivity contribution >= 4 is 23.2 Å². The second-order valence-corrected chi connectivity index (χ2v) is 9.28. The number of carbonyl (C=O) groups excluding carboxylic acids is 1. The van der Waals surface area contributed by atoms with Gasteiger partial charge in [-0.1, -0.05) is 32.0 Å². The van der Waals surface area contributed by atoms with Crippen LogP contribution in [0.1, 0.15) is 49.3 Å². The number of rotatable bonds is 3. The van der Waals surface area contributed by atoms with E-state index in [1.165, 1.54) is 0 Å². The van der Waals surface area contributed by atoms with Crippen LogP contribution < -0.4 is 4.74 Å². The molecule has 1 atom stereocenters. The van der Waals surface area contributed by atoms with E-state index >= 15 is 0 Å². The molecule has 0 amide bonds. The Balaban J connectivity index is 1.69. The van der Waals surface area contributed by atoms with Crippen LogP contribution in [0.3, 0.4) is 0 Å². The van der Waals surface area contributed by atoms with E-state index in [2.05, 4.69) is 27.7 Å². The Morgan fingerprint density at radius 2 is 1.89 bits per heavy atom. The molecule has 27 heavy (non-hydrogen) atoms. The lowest BCUT2D eigenvalue weighted by Gasteiger charge is -2.47. The molecule has 3 heterocycles. The maximum atomic E-state index is 11.6. The van der Waals surface area contributed by atoms with Crippen molar-refractivity contribution in [1.29, 1.82) is 0 Å². The zero-order valence-corrected chi connectivity index (χ0v) is 16.9. The number of hydrogen-bond acceptors (Lipinski definition) is 5. The first-order valence-corrected chi connectivity index (χ1v) is 9.94. The Morgan fingerprint density at radius 3 is 2.63 bits per heavy atom. The topological polar surface area (TPSA) is 44.8 Å². The quantitative estimate of drug-likeness (QED) is 0.699. The molecule has 0 N–H and O–H groups in total. The summed E-state index contributed by atoms with van der Waals surface area (Å²) in [6.45, 7) is 9.46. The minimum Gasteiger partial charge on any atom is -0.488 e. The molecule has 2 aliphatic heterocycles. The lowest BCUT2D eigenvalue weighted by atomic mass is 9.77. The molecule has 2 aromatic rings. The summed E-state index contributed by atoms with van der Waals surface area (Å²) in [5.74, 6) is 0.807. The van der Waals surface area contributed by atoms with E-state index < -0.39 is 0 Å². The minimum atomic E-state index is -0.387. The summed E-state index contributed by atoms with van der Waals surface area (Å²) in [7, 11) is 0. The van der Waals surface area contributed by atoms with Gasteiger partial charge >= 0.3 is 0 Å². The highest BCUT2D eigenvalue weighted by molar-refractivity contribution is 7.13. The molecule has 0 spiro atoms. The van der Waals surface area contributed by atoms with E-state index in [1.807, 2.05) is 36.4 Å². The fraction of sp³-hybridized carbons (Fsp3) is 0.409. The molecule has 1 aromatic carbocycles. The fourth-order valence-electron chi connectivity index (χ4n) is 3.26. The summed E-state index contributed by atoms with van der Waals surface area (Å²) in [5.41, 5.74) is 2.20. The molecular weight excluding hydrogens is 360 g/mol. The molecule has 1 aromatic heterocycles. The molecular formula is C22H24O4S. The van der Waals surface area contributed by atoms with Crippen molar-refractivity contribution in [1.82, 2.24) is 0 Å². The first kappa shape index (κ1) is 18.4. The van der Waals surface area contributed by atoms with Crippen molar-refractivity contribution in [2.45, 2.75) is 39.6 Å². The SMILES string of the molecule is CC1(C)COC(c2ccc(C3=C(C=O)COc4ccccc43)s2)OC1(C)C. The molecule has 1 saturated heterocycles. The van der Waals surface area contributed by atoms with Gasteiger partial charge in [-0.15, -0.1) is 11.3 Å². The molecule has 0 aliphatic carbocycles. The number of para-hydroxylation sites is 1. The molecule has 142 valence electrons. The van der Waals surface area contributed by atoms with Gasteiger partial charge in [0.25, 0.3) is 0 Å². The molecule has 1 unspecified atom stereocenters. The molecule has 2 aliphatic rings. The van der Waals surface area contributed by atoms with Gasteiger partial charge in [-0.3, -0.25) is 4.79 Å². The number of fused-ring (bicyclic) bond motifs is 1. The van der Waals surface area contributed by atoms with Crippen LogP contribution in [0.25, 0.3) is 5.57 Å². The lowest BCUT2D eigenvalue weighted by Crippen LogP contribution is -2.50. The zero-order valence-electron chi connectivity index (χ0n) is 16.1. The van der Waals surface area contributed by atoms with Crippen molar-refractivity contribution < 1.29 is 19.0 Å². The van der Waals surface area contributed by atoms with Gasteiger partial charge in [-0.25, -0.2) is 0 Å². The largest absolute Gasteiger partial charge is 0.488 e. The maximum Gasteiger partial charge on any atom is 0.193 e. The van der Waals surface area contributed by atoms with Gasteiger partial charge in [-0.2, -0.15) is 0 Å². The fourth-order valence-corrected chi connectivity index (χ4v) is 4.34. The van der Waals surface area contributed by atoms with Gasteiger partial charge in [0.05, 0.1) is 17.1 Å². The number of carbonyl (C=O) groups is 1. The third-order valence-electron chi connectivity index (χ3n) is 5.74. The van der Waals surface area contributed by atoms with Gasteiger partial charge in [0.15, 0.2) is 6.29 Å². The Bertz CT molecular complexity index is 907. The average molecular weight is 384 g/mol. The summed E-state index contributed by atoms with van der Waals surface area (Å²) in [5, 5.41) is 0. The lowest BCUT2D eigenvalue weighted by molar-refractivity contribution is -0.299. The standard InChI is InChI=1S/C22H24O4S/c1-21(2)13-25-20(26-22(21,3)4)18-10-9-17(27-18)19-14(11-23)12-24-16-8-6-5-7-15(16)19/h5-11,20H,12-13H2,1-4H3. The first-order valence-electron chi connectivity index (χ1n) is 9.12. The molecule has 0 bridgehead atoms. The van der Waals surface area contributed by atoms with Crippen LogP contribution in [0.4, 0.5) is 0 Å². The number of thiophene rings is 1. The summed E-state index contributed by atoms with van der Waals surface area (Å²) < 4.78 is 18.0. The predicted octanol–water partition coefficient (Wildman–Crippen LogP) is 4.99. The number of aldehydes is 1. The Hall–Kier alpha value is -1.95. The Morgan fingerprint density at radius 1 is 1.11 bits per heavy atom. The second kappa shape index (κ2) is 6.59. The zero-order chi connectivity index (χ0) is 19.2. The highest BCUT2D eigenvalue weighted by Crippen LogP contribution is 2.46. The minimum absolute atomic E-state index is 0.0591. The predicted molar refractivity (Wildman–Crippen MR) is 106 cm³/mol. The average Bonchev–Trinajstić information content (AvgIpc) is 3.12. The van der Waals surface area contributed by atoms with Crippen LogP contribution in [0.15, 0.2) is 42.0 Å². The number of ether oxygens (including phenoxy) is 3. The third kappa shape index (κ3) is 3.14. The van der Waals surface area contributed by atoms with Gasteiger partial charge in [0.1, 0.15) is 18.6 Å². The number of hydrogen-bond donors (Lipinski definition) is 0. The van der Waals surface area contributed by atoms with Gasteiger partial charge < -0.3 is 14.2 Å². The number of benzene rings is 1. The summed E-state index contributed by atoms with van der Waals surface area (Å²) >= 11 is 1.61. The van der Waals surface area contributed by atoms with Crippen molar-refractivity contribution in [2.24, 2.45) is 5.41 Å². The monoisotopic (exact) mass is 384 g/mol. The molecule has 0 radical (unpaired) electrons. The van der Waals surface area contributed by atoms with E-state index in [4.69, 9.17) is 14.2 Å². The van der Waals surface area contributed by atoms with Crippen LogP contribution in [-0.4, -0.2) is 25.1 Å². The van der Waals surface area contributed by atoms with Crippen molar-refractivity contribution in [2.75, 3.05) is 13.2 Å². The summed E-state index contributed by atoms with van der Waals surface area (Å²) in [6, 6.07) is 11.9. The summed E-state index contributed by atoms with van der Waals surface area (Å²) in [6.07, 6.45) is 0.506. The Kier molecular flexibility index (Phi) is 4.49. The van der Waals surface area contributed by atoms with E-state index in [9.17, 15) is 4.79 Å². The Labute approximate surface area is 163 Å². The maximum absolute atomic E-state index is 11.6. The highest BCUT2D eigenvalue weighted by Gasteiger charge is 2.45. The summed E-state index contributed by atoms with van der Waals surface area (Å²) in [4.78, 5) is 13.7. The normalized spacial score (nSPS) is 23.5. The van der Waals surface area contributed by atoms with Crippen LogP contribution in [0.5, 0.6) is 5.75 Å².